The Morgan fingerprint density at radius 1 is 1.11 bits per heavy atom. The van der Waals surface area contributed by atoms with E-state index in [1.165, 1.54) is 16.8 Å². The average molecular weight is 385 g/mol. The van der Waals surface area contributed by atoms with Crippen LogP contribution in [0.3, 0.4) is 0 Å². The van der Waals surface area contributed by atoms with Crippen molar-refractivity contribution in [3.63, 3.8) is 0 Å². The van der Waals surface area contributed by atoms with Crippen LogP contribution in [-0.2, 0) is 11.2 Å². The van der Waals surface area contributed by atoms with E-state index in [-0.39, 0.29) is 11.8 Å². The van der Waals surface area contributed by atoms with E-state index in [9.17, 15) is 4.79 Å². The number of hydrogen-bond acceptors (Lipinski definition) is 3. The van der Waals surface area contributed by atoms with Crippen molar-refractivity contribution in [2.45, 2.75) is 20.3 Å². The first-order chi connectivity index (χ1) is 13.0. The zero-order valence-corrected chi connectivity index (χ0v) is 16.6. The number of aryl methyl sites for hydroxylation is 1. The van der Waals surface area contributed by atoms with Gasteiger partial charge in [-0.1, -0.05) is 23.7 Å². The molecular weight excluding hydrogens is 360 g/mol. The van der Waals surface area contributed by atoms with E-state index in [1.54, 1.807) is 0 Å². The lowest BCUT2D eigenvalue weighted by atomic mass is 9.95. The summed E-state index contributed by atoms with van der Waals surface area (Å²) in [7, 11) is 0. The van der Waals surface area contributed by atoms with Crippen LogP contribution < -0.4 is 9.64 Å². The van der Waals surface area contributed by atoms with Gasteiger partial charge >= 0.3 is 0 Å². The fourth-order valence-corrected chi connectivity index (χ4v) is 4.22. The molecule has 0 aliphatic carbocycles. The molecule has 1 fully saturated rings. The van der Waals surface area contributed by atoms with Gasteiger partial charge in [-0.25, -0.2) is 0 Å². The number of nitrogens with zero attached hydrogens (tertiary/aromatic N) is 2. The zero-order valence-electron chi connectivity index (χ0n) is 15.9. The Bertz CT molecular complexity index is 859. The second kappa shape index (κ2) is 7.43. The Labute approximate surface area is 165 Å². The molecule has 1 saturated heterocycles. The Balaban J connectivity index is 1.40. The van der Waals surface area contributed by atoms with Crippen LogP contribution in [-0.4, -0.2) is 43.6 Å². The summed E-state index contributed by atoms with van der Waals surface area (Å²) in [6.45, 7) is 8.01. The Morgan fingerprint density at radius 2 is 1.89 bits per heavy atom. The van der Waals surface area contributed by atoms with Gasteiger partial charge < -0.3 is 14.5 Å². The number of piperazine rings is 1. The van der Waals surface area contributed by atoms with Crippen LogP contribution >= 0.6 is 11.6 Å². The highest BCUT2D eigenvalue weighted by Crippen LogP contribution is 2.31. The normalized spacial score (nSPS) is 19.4. The van der Waals surface area contributed by atoms with Crippen LogP contribution in [0.5, 0.6) is 5.75 Å². The molecule has 4 rings (SSSR count). The first kappa shape index (κ1) is 18.2. The molecule has 0 N–H and O–H groups in total. The number of hydrogen-bond donors (Lipinski definition) is 0. The van der Waals surface area contributed by atoms with Crippen molar-refractivity contribution in [2.24, 2.45) is 5.92 Å². The van der Waals surface area contributed by atoms with Crippen LogP contribution in [0.15, 0.2) is 36.4 Å². The fourth-order valence-electron chi connectivity index (χ4n) is 4.03. The molecule has 0 radical (unpaired) electrons. The van der Waals surface area contributed by atoms with Crippen molar-refractivity contribution in [3.05, 3.63) is 58.1 Å². The summed E-state index contributed by atoms with van der Waals surface area (Å²) in [6.07, 6.45) is 0.700. The molecule has 0 aromatic heterocycles. The molecule has 1 amide bonds. The van der Waals surface area contributed by atoms with E-state index in [0.717, 1.165) is 37.5 Å². The van der Waals surface area contributed by atoms with Crippen molar-refractivity contribution >= 4 is 23.2 Å². The summed E-state index contributed by atoms with van der Waals surface area (Å²) in [5.41, 5.74) is 4.95. The molecule has 2 aliphatic heterocycles. The molecule has 0 bridgehead atoms. The number of carbonyl (C=O) groups excluding carboxylic acids is 1. The molecule has 2 aromatic rings. The molecule has 142 valence electrons. The van der Waals surface area contributed by atoms with Crippen LogP contribution in [0, 0.1) is 19.8 Å². The number of ether oxygens (including phenoxy) is 1. The van der Waals surface area contributed by atoms with E-state index >= 15 is 0 Å². The molecule has 0 spiro atoms. The number of halogens is 1. The first-order valence-electron chi connectivity index (χ1n) is 9.54. The predicted molar refractivity (Wildman–Crippen MR) is 109 cm³/mol. The van der Waals surface area contributed by atoms with Gasteiger partial charge in [0, 0.05) is 36.9 Å². The third-order valence-electron chi connectivity index (χ3n) is 5.79. The minimum atomic E-state index is -0.122. The van der Waals surface area contributed by atoms with Gasteiger partial charge in [0.15, 0.2) is 0 Å². The molecule has 2 aliphatic rings. The molecule has 0 saturated carbocycles. The summed E-state index contributed by atoms with van der Waals surface area (Å²) < 4.78 is 5.81. The molecule has 0 unspecified atom stereocenters. The summed E-state index contributed by atoms with van der Waals surface area (Å²) in [4.78, 5) is 17.4. The van der Waals surface area contributed by atoms with E-state index < -0.39 is 0 Å². The Morgan fingerprint density at radius 3 is 2.67 bits per heavy atom. The summed E-state index contributed by atoms with van der Waals surface area (Å²) >= 11 is 6.09. The number of carbonyl (C=O) groups is 1. The molecule has 27 heavy (non-hydrogen) atoms. The average Bonchev–Trinajstić information content (AvgIpc) is 2.69. The predicted octanol–water partition coefficient (Wildman–Crippen LogP) is 3.86. The van der Waals surface area contributed by atoms with Crippen molar-refractivity contribution in [1.29, 1.82) is 0 Å². The van der Waals surface area contributed by atoms with Gasteiger partial charge in [0.25, 0.3) is 0 Å². The highest BCUT2D eigenvalue weighted by molar-refractivity contribution is 6.30. The molecule has 4 nitrogen and oxygen atoms in total. The number of anilines is 1. The maximum absolute atomic E-state index is 13.0. The van der Waals surface area contributed by atoms with E-state index in [1.807, 2.05) is 23.1 Å². The van der Waals surface area contributed by atoms with Crippen LogP contribution in [0.25, 0.3) is 0 Å². The number of rotatable bonds is 2. The van der Waals surface area contributed by atoms with Gasteiger partial charge in [-0.2, -0.15) is 0 Å². The first-order valence-corrected chi connectivity index (χ1v) is 9.92. The molecule has 5 heteroatoms. The molecular formula is C22H25ClN2O2. The largest absolute Gasteiger partial charge is 0.492 e. The van der Waals surface area contributed by atoms with Gasteiger partial charge in [-0.05, 0) is 61.2 Å². The number of fused-ring (bicyclic) bond motifs is 1. The minimum Gasteiger partial charge on any atom is -0.492 e. The van der Waals surface area contributed by atoms with Crippen molar-refractivity contribution in [1.82, 2.24) is 4.90 Å². The second-order valence-electron chi connectivity index (χ2n) is 7.50. The van der Waals surface area contributed by atoms with Crippen molar-refractivity contribution in [3.8, 4) is 5.75 Å². The van der Waals surface area contributed by atoms with Gasteiger partial charge in [-0.3, -0.25) is 4.79 Å². The molecule has 2 heterocycles. The Kier molecular flexibility index (Phi) is 5.00. The third kappa shape index (κ3) is 3.63. The summed E-state index contributed by atoms with van der Waals surface area (Å²) in [6, 6.07) is 12.1. The van der Waals surface area contributed by atoms with Gasteiger partial charge in [0.1, 0.15) is 12.4 Å². The monoisotopic (exact) mass is 384 g/mol. The smallest absolute Gasteiger partial charge is 0.229 e. The highest BCUT2D eigenvalue weighted by Gasteiger charge is 2.31. The van der Waals surface area contributed by atoms with Gasteiger partial charge in [0.05, 0.1) is 5.92 Å². The quantitative estimate of drug-likeness (QED) is 0.788. The summed E-state index contributed by atoms with van der Waals surface area (Å²) in [5.74, 6) is 0.924. The van der Waals surface area contributed by atoms with Crippen LogP contribution in [0.2, 0.25) is 5.02 Å². The lowest BCUT2D eigenvalue weighted by Crippen LogP contribution is -2.51. The van der Waals surface area contributed by atoms with Crippen LogP contribution in [0.1, 0.15) is 16.7 Å². The zero-order chi connectivity index (χ0) is 19.0. The van der Waals surface area contributed by atoms with E-state index in [2.05, 4.69) is 36.9 Å². The summed E-state index contributed by atoms with van der Waals surface area (Å²) in [5, 5.41) is 0.688. The van der Waals surface area contributed by atoms with Gasteiger partial charge in [0.2, 0.25) is 5.91 Å². The van der Waals surface area contributed by atoms with Crippen LogP contribution in [0.4, 0.5) is 5.69 Å². The maximum atomic E-state index is 13.0. The number of benzene rings is 2. The SMILES string of the molecule is Cc1cccc(N2CCN(C(=O)[C@@H]3COc4ccc(Cl)cc4C3)CC2)c1C. The fraction of sp³-hybridized carbons (Fsp3) is 0.409. The molecule has 2 aromatic carbocycles. The van der Waals surface area contributed by atoms with E-state index in [0.29, 0.717) is 18.1 Å². The van der Waals surface area contributed by atoms with E-state index in [4.69, 9.17) is 16.3 Å². The van der Waals surface area contributed by atoms with Gasteiger partial charge in [-0.15, -0.1) is 0 Å². The highest BCUT2D eigenvalue weighted by atomic mass is 35.5. The number of amides is 1. The lowest BCUT2D eigenvalue weighted by molar-refractivity contribution is -0.137. The van der Waals surface area contributed by atoms with Crippen molar-refractivity contribution < 1.29 is 9.53 Å². The lowest BCUT2D eigenvalue weighted by Gasteiger charge is -2.39. The second-order valence-corrected chi connectivity index (χ2v) is 7.93. The van der Waals surface area contributed by atoms with Crippen molar-refractivity contribution in [2.75, 3.05) is 37.7 Å². The standard InChI is InChI=1S/C22H25ClN2O2/c1-15-4-3-5-20(16(15)2)24-8-10-25(11-9-24)22(26)18-12-17-13-19(23)6-7-21(17)27-14-18/h3-7,13,18H,8-12,14H2,1-2H3/t18-/m0/s1. The molecule has 1 atom stereocenters. The maximum Gasteiger partial charge on any atom is 0.229 e. The topological polar surface area (TPSA) is 32.8 Å². The minimum absolute atomic E-state index is 0.122. The third-order valence-corrected chi connectivity index (χ3v) is 6.02. The Hall–Kier alpha value is -2.20.